The van der Waals surface area contributed by atoms with Gasteiger partial charge >= 0.3 is 6.09 Å². The number of carbonyl (C=O) groups excluding carboxylic acids is 4. The van der Waals surface area contributed by atoms with Crippen LogP contribution in [0.3, 0.4) is 0 Å². The van der Waals surface area contributed by atoms with Crippen molar-refractivity contribution in [1.29, 1.82) is 0 Å². The molecule has 5 fully saturated rings. The summed E-state index contributed by atoms with van der Waals surface area (Å²) in [6.07, 6.45) is 9.68. The summed E-state index contributed by atoms with van der Waals surface area (Å²) >= 11 is 0. The number of nitrogens with one attached hydrogen (secondary N) is 3. The molecule has 4 aliphatic carbocycles. The average Bonchev–Trinajstić information content (AvgIpc) is 4.23. The number of sulfonamides is 1. The highest BCUT2D eigenvalue weighted by atomic mass is 32.2. The van der Waals surface area contributed by atoms with E-state index < -0.39 is 68.2 Å². The van der Waals surface area contributed by atoms with Crippen molar-refractivity contribution in [3.05, 3.63) is 54.7 Å². The summed E-state index contributed by atoms with van der Waals surface area (Å²) in [4.78, 5) is 68.7. The Morgan fingerprint density at radius 2 is 1.77 bits per heavy atom. The minimum absolute atomic E-state index is 0. The molecular formula is C49H68N6O10S. The number of alkyl carbamates (subject to hydrolysis) is 1. The Bertz CT molecular complexity index is 2540. The molecule has 2 aromatic heterocycles. The Labute approximate surface area is 390 Å². The lowest BCUT2D eigenvalue weighted by Crippen LogP contribution is -2.59. The fourth-order valence-corrected chi connectivity index (χ4v) is 11.5. The van der Waals surface area contributed by atoms with Gasteiger partial charge in [-0.05, 0) is 138 Å². The largest absolute Gasteiger partial charge is 0.497 e. The Morgan fingerprint density at radius 1 is 1.00 bits per heavy atom. The molecular weight excluding hydrogens is 865 g/mol. The van der Waals surface area contributed by atoms with Crippen molar-refractivity contribution in [2.24, 2.45) is 29.6 Å². The Balaban J connectivity index is 0.00000261. The topological polar surface area (TPSA) is 204 Å². The first kappa shape index (κ1) is 45.7. The second-order valence-electron chi connectivity index (χ2n) is 20.3. The van der Waals surface area contributed by atoms with Gasteiger partial charge in [-0.25, -0.2) is 23.2 Å². The fraction of sp³-hybridized carbons (Fsp3) is 0.592. The fourth-order valence-electron chi connectivity index (χ4n) is 10.2. The lowest BCUT2D eigenvalue weighted by atomic mass is 9.88. The predicted molar refractivity (Wildman–Crippen MR) is 251 cm³/mol. The van der Waals surface area contributed by atoms with Crippen LogP contribution in [0.15, 0.2) is 54.7 Å². The molecule has 1 aromatic carbocycles. The van der Waals surface area contributed by atoms with Crippen LogP contribution in [0.25, 0.3) is 22.0 Å². The summed E-state index contributed by atoms with van der Waals surface area (Å²) in [5.74, 6) is -0.0862. The lowest BCUT2D eigenvalue weighted by molar-refractivity contribution is -0.142. The predicted octanol–water partition coefficient (Wildman–Crippen LogP) is 6.96. The maximum atomic E-state index is 15.2. The minimum Gasteiger partial charge on any atom is -0.497 e. The second-order valence-corrected chi connectivity index (χ2v) is 22.5. The van der Waals surface area contributed by atoms with Gasteiger partial charge in [-0.15, -0.1) is 0 Å². The van der Waals surface area contributed by atoms with E-state index in [4.69, 9.17) is 23.9 Å². The van der Waals surface area contributed by atoms with Crippen molar-refractivity contribution < 1.29 is 50.8 Å². The molecule has 2 aliphatic heterocycles. The van der Waals surface area contributed by atoms with Crippen molar-refractivity contribution in [2.45, 2.75) is 140 Å². The molecule has 6 aliphatic rings. The number of amides is 4. The van der Waals surface area contributed by atoms with E-state index in [1.807, 2.05) is 57.2 Å². The number of ether oxygens (including phenoxy) is 4. The van der Waals surface area contributed by atoms with Crippen LogP contribution in [0.2, 0.25) is 0 Å². The van der Waals surface area contributed by atoms with Crippen molar-refractivity contribution in [2.75, 3.05) is 13.7 Å². The first-order valence-electron chi connectivity index (χ1n) is 23.6. The standard InChI is InChI=1S/C49H62N6O10S.3H2/c1-27(2)63-41-14-11-30(25-50-41)39-22-33-21-35(62-6)12-13-38(33)44(51-39)64-37-23-40-43(56)53-49(46(58)54-66(60,61)48(5)15-16-48)24-34(49)10-8-7-9-28(3)17-29(4)42(45(57)55(40)26-37)52-47(59)65-36-19-31-18-32(31)20-36;;;/h8,10-14,21-22,25,27-29,31-32,34,36-37,40,42H,7,9,15-20,23-24,26H2,1-6H3,(H,52,59)(H,53,56)(H,54,58);3*1H/b10-8-;;;/t28-,29+,31?,32?,34+,36?,37+,40-,42-,49+;;;/m0.../s1. The molecule has 1 saturated heterocycles. The third-order valence-electron chi connectivity index (χ3n) is 14.7. The number of benzene rings is 1. The summed E-state index contributed by atoms with van der Waals surface area (Å²) < 4.78 is 52.0. The molecule has 3 aromatic rings. The summed E-state index contributed by atoms with van der Waals surface area (Å²) in [6, 6.07) is 8.82. The van der Waals surface area contributed by atoms with E-state index in [2.05, 4.69) is 27.3 Å². The smallest absolute Gasteiger partial charge is 0.408 e. The summed E-state index contributed by atoms with van der Waals surface area (Å²) in [5, 5.41) is 7.31. The molecule has 360 valence electrons. The highest BCUT2D eigenvalue weighted by Gasteiger charge is 2.63. The third-order valence-corrected chi connectivity index (χ3v) is 16.8. The molecule has 16 nitrogen and oxygen atoms in total. The number of fused-ring (bicyclic) bond motifs is 4. The molecule has 0 spiro atoms. The zero-order valence-electron chi connectivity index (χ0n) is 38.6. The van der Waals surface area contributed by atoms with Gasteiger partial charge in [0.25, 0.3) is 5.91 Å². The van der Waals surface area contributed by atoms with Crippen LogP contribution in [0.4, 0.5) is 4.79 Å². The van der Waals surface area contributed by atoms with E-state index in [1.54, 1.807) is 32.4 Å². The number of rotatable bonds is 11. The normalized spacial score (nSPS) is 31.8. The van der Waals surface area contributed by atoms with Crippen molar-refractivity contribution in [3.63, 3.8) is 0 Å². The van der Waals surface area contributed by atoms with Crippen LogP contribution >= 0.6 is 0 Å². The third kappa shape index (κ3) is 9.41. The van der Waals surface area contributed by atoms with E-state index in [0.717, 1.165) is 31.1 Å². The van der Waals surface area contributed by atoms with Gasteiger partial charge in [0, 0.05) is 39.8 Å². The van der Waals surface area contributed by atoms with Crippen LogP contribution in [0, 0.1) is 29.6 Å². The Morgan fingerprint density at radius 3 is 2.47 bits per heavy atom. The van der Waals surface area contributed by atoms with Crippen LogP contribution in [-0.2, 0) is 29.1 Å². The monoisotopic (exact) mass is 932 g/mol. The van der Waals surface area contributed by atoms with Gasteiger partial charge in [-0.2, -0.15) is 0 Å². The molecule has 9 rings (SSSR count). The zero-order valence-corrected chi connectivity index (χ0v) is 39.4. The van der Waals surface area contributed by atoms with Crippen LogP contribution in [0.5, 0.6) is 17.5 Å². The van der Waals surface area contributed by atoms with E-state index in [1.165, 1.54) is 4.90 Å². The number of allylic oxidation sites excluding steroid dienone is 1. The molecule has 3 N–H and O–H groups in total. The number of aromatic nitrogens is 2. The highest BCUT2D eigenvalue weighted by molar-refractivity contribution is 7.91. The molecule has 2 unspecified atom stereocenters. The summed E-state index contributed by atoms with van der Waals surface area (Å²) in [6.45, 7) is 9.42. The van der Waals surface area contributed by atoms with Gasteiger partial charge in [0.05, 0.1) is 30.2 Å². The first-order chi connectivity index (χ1) is 31.4. The van der Waals surface area contributed by atoms with E-state index >= 15 is 4.79 Å². The molecule has 0 radical (unpaired) electrons. The minimum atomic E-state index is -4.03. The number of carbonyl (C=O) groups is 4. The van der Waals surface area contributed by atoms with Crippen LogP contribution < -0.4 is 29.6 Å². The number of nitrogens with zero attached hydrogens (tertiary/aromatic N) is 3. The maximum absolute atomic E-state index is 15.2. The van der Waals surface area contributed by atoms with Crippen molar-refractivity contribution >= 4 is 44.6 Å². The molecule has 66 heavy (non-hydrogen) atoms. The van der Waals surface area contributed by atoms with Gasteiger partial charge in [0.2, 0.25) is 33.6 Å². The number of methoxy groups -OCH3 is 1. The van der Waals surface area contributed by atoms with Gasteiger partial charge in [0.1, 0.15) is 35.6 Å². The maximum Gasteiger partial charge on any atom is 0.408 e. The van der Waals surface area contributed by atoms with Gasteiger partial charge in [-0.1, -0.05) is 26.0 Å². The number of hydrogen-bond donors (Lipinski definition) is 3. The second kappa shape index (κ2) is 17.6. The molecule has 17 heteroatoms. The quantitative estimate of drug-likeness (QED) is 0.167. The molecule has 4 amide bonds. The summed E-state index contributed by atoms with van der Waals surface area (Å²) in [7, 11) is -2.45. The molecule has 4 saturated carbocycles. The van der Waals surface area contributed by atoms with E-state index in [0.29, 0.717) is 65.8 Å². The average molecular weight is 933 g/mol. The van der Waals surface area contributed by atoms with Crippen LogP contribution in [-0.4, -0.2) is 101 Å². The van der Waals surface area contributed by atoms with Crippen molar-refractivity contribution in [1.82, 2.24) is 30.2 Å². The number of hydrogen-bond acceptors (Lipinski definition) is 12. The van der Waals surface area contributed by atoms with Gasteiger partial charge in [0.15, 0.2) is 0 Å². The van der Waals surface area contributed by atoms with Crippen molar-refractivity contribution in [3.8, 4) is 28.8 Å². The zero-order chi connectivity index (χ0) is 46.7. The van der Waals surface area contributed by atoms with Gasteiger partial charge in [-0.3, -0.25) is 19.1 Å². The molecule has 9 atom stereocenters. The SMILES string of the molecule is COc1ccc2c(O[C@@H]3C[C@H]4C(=O)N[C@]5(C(=O)NS(=O)(=O)C6(C)CC6)C[C@H]5/C=C\CC[C@H](C)C[C@@H](C)[C@H](NC(=O)OC5CC6CC6C5)C(=O)N4C3)nc(-c3ccc(OC(C)C)nc3)cc2c1.[HH].[HH].[HH]. The molecule has 4 heterocycles. The first-order valence-corrected chi connectivity index (χ1v) is 25.0. The number of pyridine rings is 2. The van der Waals surface area contributed by atoms with Crippen LogP contribution in [0.1, 0.15) is 103 Å². The Kier molecular flexibility index (Phi) is 12.2. The Hall–Kier alpha value is -5.45. The molecule has 0 bridgehead atoms. The van der Waals surface area contributed by atoms with Gasteiger partial charge < -0.3 is 34.5 Å². The van der Waals surface area contributed by atoms with E-state index in [9.17, 15) is 22.8 Å². The highest BCUT2D eigenvalue weighted by Crippen LogP contribution is 2.53. The summed E-state index contributed by atoms with van der Waals surface area (Å²) in [5.41, 5.74) is -0.309. The lowest BCUT2D eigenvalue weighted by Gasteiger charge is -2.33. The van der Waals surface area contributed by atoms with E-state index in [-0.39, 0.29) is 53.6 Å².